The number of pyridine rings is 1. The molecule has 0 saturated carbocycles. The highest BCUT2D eigenvalue weighted by Crippen LogP contribution is 2.25. The van der Waals surface area contributed by atoms with Gasteiger partial charge in [-0.15, -0.1) is 11.3 Å². The van der Waals surface area contributed by atoms with E-state index in [0.29, 0.717) is 5.01 Å². The zero-order valence-electron chi connectivity index (χ0n) is 8.91. The second kappa shape index (κ2) is 5.03. The van der Waals surface area contributed by atoms with Gasteiger partial charge in [-0.1, -0.05) is 0 Å². The van der Waals surface area contributed by atoms with Crippen molar-refractivity contribution in [3.05, 3.63) is 34.9 Å². The third-order valence-electron chi connectivity index (χ3n) is 2.19. The molecule has 17 heavy (non-hydrogen) atoms. The van der Waals surface area contributed by atoms with Crippen molar-refractivity contribution in [3.8, 4) is 11.3 Å². The van der Waals surface area contributed by atoms with Crippen LogP contribution in [-0.4, -0.2) is 21.0 Å². The Balaban J connectivity index is 2.19. The molecule has 2 aromatic rings. The van der Waals surface area contributed by atoms with Crippen molar-refractivity contribution in [2.45, 2.75) is 12.5 Å². The molecule has 0 radical (unpaired) electrons. The van der Waals surface area contributed by atoms with Crippen LogP contribution in [0.4, 0.5) is 0 Å². The SMILES string of the molecule is NC(CC(=O)O)c1nc(-c2cccnc2)cs1. The van der Waals surface area contributed by atoms with Crippen LogP contribution < -0.4 is 5.73 Å². The summed E-state index contributed by atoms with van der Waals surface area (Å²) in [5.41, 5.74) is 7.42. The first kappa shape index (κ1) is 11.7. The largest absolute Gasteiger partial charge is 0.481 e. The monoisotopic (exact) mass is 249 g/mol. The average molecular weight is 249 g/mol. The summed E-state index contributed by atoms with van der Waals surface area (Å²) in [5, 5.41) is 11.1. The average Bonchev–Trinajstić information content (AvgIpc) is 2.78. The standard InChI is InChI=1S/C11H11N3O2S/c12-8(4-10(15)16)11-14-9(6-17-11)7-2-1-3-13-5-7/h1-3,5-6,8H,4,12H2,(H,15,16). The molecule has 0 spiro atoms. The number of aliphatic carboxylic acids is 1. The number of carboxylic acids is 1. The lowest BCUT2D eigenvalue weighted by molar-refractivity contribution is -0.137. The molecule has 0 fully saturated rings. The first-order valence-corrected chi connectivity index (χ1v) is 5.88. The molecule has 0 aliphatic heterocycles. The van der Waals surface area contributed by atoms with Crippen LogP contribution in [-0.2, 0) is 4.79 Å². The number of hydrogen-bond donors (Lipinski definition) is 2. The van der Waals surface area contributed by atoms with Crippen LogP contribution in [0.15, 0.2) is 29.9 Å². The highest BCUT2D eigenvalue weighted by Gasteiger charge is 2.15. The number of rotatable bonds is 4. The molecular formula is C11H11N3O2S. The number of carbonyl (C=O) groups is 1. The van der Waals surface area contributed by atoms with E-state index in [1.807, 2.05) is 17.5 Å². The maximum atomic E-state index is 10.5. The number of hydrogen-bond acceptors (Lipinski definition) is 5. The van der Waals surface area contributed by atoms with E-state index < -0.39 is 12.0 Å². The molecule has 3 N–H and O–H groups in total. The van der Waals surface area contributed by atoms with Gasteiger partial charge in [0.1, 0.15) is 5.01 Å². The third kappa shape index (κ3) is 2.86. The molecule has 2 aromatic heterocycles. The molecule has 88 valence electrons. The summed E-state index contributed by atoms with van der Waals surface area (Å²) in [6, 6.07) is 3.17. The summed E-state index contributed by atoms with van der Waals surface area (Å²) in [6.07, 6.45) is 3.29. The molecule has 5 nitrogen and oxygen atoms in total. The highest BCUT2D eigenvalue weighted by molar-refractivity contribution is 7.10. The Bertz CT molecular complexity index is 512. The van der Waals surface area contributed by atoms with Crippen molar-refractivity contribution >= 4 is 17.3 Å². The van der Waals surface area contributed by atoms with Gasteiger partial charge in [-0.25, -0.2) is 4.98 Å². The molecule has 1 unspecified atom stereocenters. The fourth-order valence-corrected chi connectivity index (χ4v) is 2.21. The fraction of sp³-hybridized carbons (Fsp3) is 0.182. The molecule has 0 aliphatic rings. The Morgan fingerprint density at radius 3 is 3.06 bits per heavy atom. The summed E-state index contributed by atoms with van der Waals surface area (Å²) in [7, 11) is 0. The number of thiazole rings is 1. The molecule has 0 aliphatic carbocycles. The number of carboxylic acid groups (broad SMARTS) is 1. The fourth-order valence-electron chi connectivity index (χ4n) is 1.38. The molecule has 0 aromatic carbocycles. The maximum Gasteiger partial charge on any atom is 0.305 e. The third-order valence-corrected chi connectivity index (χ3v) is 3.17. The summed E-state index contributed by atoms with van der Waals surface area (Å²) >= 11 is 1.37. The Morgan fingerprint density at radius 2 is 2.41 bits per heavy atom. The van der Waals surface area contributed by atoms with Gasteiger partial charge in [0.15, 0.2) is 0 Å². The van der Waals surface area contributed by atoms with Gasteiger partial charge >= 0.3 is 5.97 Å². The Labute approximate surface area is 102 Å². The highest BCUT2D eigenvalue weighted by atomic mass is 32.1. The van der Waals surface area contributed by atoms with Gasteiger partial charge in [-0.2, -0.15) is 0 Å². The first-order chi connectivity index (χ1) is 8.16. The molecular weight excluding hydrogens is 238 g/mol. The van der Waals surface area contributed by atoms with Crippen LogP contribution in [0.3, 0.4) is 0 Å². The van der Waals surface area contributed by atoms with E-state index in [-0.39, 0.29) is 6.42 Å². The van der Waals surface area contributed by atoms with Crippen molar-refractivity contribution in [1.82, 2.24) is 9.97 Å². The van der Waals surface area contributed by atoms with Crippen LogP contribution in [0, 0.1) is 0 Å². The van der Waals surface area contributed by atoms with Gasteiger partial charge in [0.05, 0.1) is 18.2 Å². The van der Waals surface area contributed by atoms with E-state index in [2.05, 4.69) is 9.97 Å². The predicted octanol–water partition coefficient (Wildman–Crippen LogP) is 1.68. The van der Waals surface area contributed by atoms with Crippen molar-refractivity contribution in [2.75, 3.05) is 0 Å². The smallest absolute Gasteiger partial charge is 0.305 e. The Morgan fingerprint density at radius 1 is 1.59 bits per heavy atom. The normalized spacial score (nSPS) is 12.3. The number of nitrogens with zero attached hydrogens (tertiary/aromatic N) is 2. The van der Waals surface area contributed by atoms with Gasteiger partial charge in [0, 0.05) is 23.3 Å². The molecule has 0 saturated heterocycles. The van der Waals surface area contributed by atoms with E-state index in [4.69, 9.17) is 10.8 Å². The van der Waals surface area contributed by atoms with Gasteiger partial charge in [-0.05, 0) is 12.1 Å². The van der Waals surface area contributed by atoms with E-state index in [0.717, 1.165) is 11.3 Å². The maximum absolute atomic E-state index is 10.5. The van der Waals surface area contributed by atoms with Gasteiger partial charge < -0.3 is 10.8 Å². The molecule has 6 heteroatoms. The van der Waals surface area contributed by atoms with Crippen LogP contribution in [0.5, 0.6) is 0 Å². The molecule has 2 rings (SSSR count). The van der Waals surface area contributed by atoms with Crippen molar-refractivity contribution in [3.63, 3.8) is 0 Å². The topological polar surface area (TPSA) is 89.1 Å². The minimum absolute atomic E-state index is 0.111. The van der Waals surface area contributed by atoms with E-state index >= 15 is 0 Å². The quantitative estimate of drug-likeness (QED) is 0.860. The van der Waals surface area contributed by atoms with E-state index in [1.54, 1.807) is 12.4 Å². The number of aromatic nitrogens is 2. The van der Waals surface area contributed by atoms with Gasteiger partial charge in [0.2, 0.25) is 0 Å². The summed E-state index contributed by atoms with van der Waals surface area (Å²) in [4.78, 5) is 18.9. The predicted molar refractivity (Wildman–Crippen MR) is 64.5 cm³/mol. The zero-order chi connectivity index (χ0) is 12.3. The summed E-state index contributed by atoms with van der Waals surface area (Å²) in [5.74, 6) is -0.921. The Kier molecular flexibility index (Phi) is 3.46. The lowest BCUT2D eigenvalue weighted by atomic mass is 10.2. The van der Waals surface area contributed by atoms with Crippen LogP contribution in [0.1, 0.15) is 17.5 Å². The van der Waals surface area contributed by atoms with E-state index in [9.17, 15) is 4.79 Å². The van der Waals surface area contributed by atoms with Crippen LogP contribution in [0.2, 0.25) is 0 Å². The lowest BCUT2D eigenvalue weighted by Gasteiger charge is -2.03. The van der Waals surface area contributed by atoms with Crippen molar-refractivity contribution in [1.29, 1.82) is 0 Å². The lowest BCUT2D eigenvalue weighted by Crippen LogP contribution is -2.14. The summed E-state index contributed by atoms with van der Waals surface area (Å²) in [6.45, 7) is 0. The zero-order valence-corrected chi connectivity index (χ0v) is 9.72. The van der Waals surface area contributed by atoms with E-state index in [1.165, 1.54) is 11.3 Å². The van der Waals surface area contributed by atoms with Gasteiger partial charge in [0.25, 0.3) is 0 Å². The second-order valence-corrected chi connectivity index (χ2v) is 4.41. The minimum atomic E-state index is -0.921. The molecule has 0 amide bonds. The van der Waals surface area contributed by atoms with Crippen LogP contribution in [0.25, 0.3) is 11.3 Å². The number of nitrogens with two attached hydrogens (primary N) is 1. The molecule has 2 heterocycles. The van der Waals surface area contributed by atoms with Crippen molar-refractivity contribution < 1.29 is 9.90 Å². The summed E-state index contributed by atoms with van der Waals surface area (Å²) < 4.78 is 0. The second-order valence-electron chi connectivity index (χ2n) is 3.52. The van der Waals surface area contributed by atoms with Crippen LogP contribution >= 0.6 is 11.3 Å². The van der Waals surface area contributed by atoms with Crippen molar-refractivity contribution in [2.24, 2.45) is 5.73 Å². The molecule has 1 atom stereocenters. The first-order valence-electron chi connectivity index (χ1n) is 5.00. The minimum Gasteiger partial charge on any atom is -0.481 e. The Hall–Kier alpha value is -1.79. The molecule has 0 bridgehead atoms. The van der Waals surface area contributed by atoms with Gasteiger partial charge in [-0.3, -0.25) is 9.78 Å².